The van der Waals surface area contributed by atoms with E-state index in [1.165, 1.54) is 4.90 Å². The third kappa shape index (κ3) is 5.09. The highest BCUT2D eigenvalue weighted by atomic mass is 16.5. The maximum absolute atomic E-state index is 12.2. The van der Waals surface area contributed by atoms with Crippen LogP contribution in [0.1, 0.15) is 44.2 Å². The molecule has 0 saturated carbocycles. The van der Waals surface area contributed by atoms with Crippen molar-refractivity contribution < 1.29 is 19.1 Å². The van der Waals surface area contributed by atoms with E-state index in [9.17, 15) is 14.4 Å². The van der Waals surface area contributed by atoms with Crippen LogP contribution in [-0.4, -0.2) is 42.4 Å². The van der Waals surface area contributed by atoms with Crippen molar-refractivity contribution in [2.75, 3.05) is 19.7 Å². The summed E-state index contributed by atoms with van der Waals surface area (Å²) in [7, 11) is 0. The maximum atomic E-state index is 12.2. The van der Waals surface area contributed by atoms with Crippen LogP contribution < -0.4 is 5.32 Å². The van der Waals surface area contributed by atoms with Crippen LogP contribution in [0, 0.1) is 0 Å². The molecular formula is C22H26N2O4. The monoisotopic (exact) mass is 382 g/mol. The highest BCUT2D eigenvalue weighted by Crippen LogP contribution is 2.23. The zero-order valence-electron chi connectivity index (χ0n) is 16.1. The number of amides is 2. The average Bonchev–Trinajstić information content (AvgIpc) is 2.90. The molecule has 0 aromatic heterocycles. The van der Waals surface area contributed by atoms with E-state index >= 15 is 0 Å². The highest BCUT2D eigenvalue weighted by molar-refractivity contribution is 5.87. The van der Waals surface area contributed by atoms with Crippen LogP contribution in [0.5, 0.6) is 0 Å². The van der Waals surface area contributed by atoms with Gasteiger partial charge in [0.2, 0.25) is 5.91 Å². The fraction of sp³-hybridized carbons (Fsp3) is 0.409. The van der Waals surface area contributed by atoms with Crippen molar-refractivity contribution in [3.63, 3.8) is 0 Å². The predicted octanol–water partition coefficient (Wildman–Crippen LogP) is 2.96. The van der Waals surface area contributed by atoms with Gasteiger partial charge in [0.25, 0.3) is 5.91 Å². The molecule has 1 fully saturated rings. The van der Waals surface area contributed by atoms with E-state index in [0.717, 1.165) is 35.6 Å². The summed E-state index contributed by atoms with van der Waals surface area (Å²) >= 11 is 0. The van der Waals surface area contributed by atoms with Gasteiger partial charge in [0.05, 0.1) is 6.04 Å². The molecule has 0 bridgehead atoms. The van der Waals surface area contributed by atoms with E-state index in [1.54, 1.807) is 0 Å². The van der Waals surface area contributed by atoms with E-state index in [4.69, 9.17) is 4.74 Å². The van der Waals surface area contributed by atoms with Gasteiger partial charge >= 0.3 is 5.97 Å². The summed E-state index contributed by atoms with van der Waals surface area (Å²) in [5.74, 6) is -0.942. The van der Waals surface area contributed by atoms with Crippen LogP contribution in [0.2, 0.25) is 0 Å². The minimum Gasteiger partial charge on any atom is -0.454 e. The molecule has 28 heavy (non-hydrogen) atoms. The van der Waals surface area contributed by atoms with Gasteiger partial charge in [-0.1, -0.05) is 48.9 Å². The van der Waals surface area contributed by atoms with Crippen LogP contribution in [-0.2, 0) is 19.1 Å². The second-order valence-corrected chi connectivity index (χ2v) is 7.14. The normalized spacial score (nSPS) is 15.8. The Hall–Kier alpha value is -2.89. The summed E-state index contributed by atoms with van der Waals surface area (Å²) < 4.78 is 5.08. The van der Waals surface area contributed by atoms with Crippen LogP contribution in [0.25, 0.3) is 10.8 Å². The molecule has 2 aromatic rings. The molecule has 1 aliphatic rings. The third-order valence-electron chi connectivity index (χ3n) is 5.02. The van der Waals surface area contributed by atoms with Crippen LogP contribution >= 0.6 is 0 Å². The Morgan fingerprint density at radius 3 is 2.75 bits per heavy atom. The van der Waals surface area contributed by atoms with Gasteiger partial charge in [-0.3, -0.25) is 14.4 Å². The maximum Gasteiger partial charge on any atom is 0.326 e. The summed E-state index contributed by atoms with van der Waals surface area (Å²) in [5.41, 5.74) is 1.01. The molecule has 0 aliphatic carbocycles. The Kier molecular flexibility index (Phi) is 6.63. The molecule has 6 nitrogen and oxygen atoms in total. The standard InChI is InChI=1S/C22H26N2O4/c1-16(18-11-7-9-17-8-4-5-10-19(17)18)23-20(25)15-28-22(27)14-24-13-6-2-3-12-21(24)26/h4-5,7-11,16H,2-3,6,12-15H2,1H3,(H,23,25)/t16-/m1/s1. The van der Waals surface area contributed by atoms with E-state index in [0.29, 0.717) is 13.0 Å². The number of carbonyl (C=O) groups is 3. The lowest BCUT2D eigenvalue weighted by Gasteiger charge is -2.20. The number of rotatable bonds is 6. The molecule has 1 saturated heterocycles. The first kappa shape index (κ1) is 19.9. The number of carbonyl (C=O) groups excluding carboxylic acids is 3. The topological polar surface area (TPSA) is 75.7 Å². The molecule has 2 aromatic carbocycles. The van der Waals surface area contributed by atoms with Gasteiger partial charge in [-0.15, -0.1) is 0 Å². The van der Waals surface area contributed by atoms with Crippen molar-refractivity contribution in [1.82, 2.24) is 10.2 Å². The van der Waals surface area contributed by atoms with Gasteiger partial charge in [0.1, 0.15) is 6.54 Å². The predicted molar refractivity (Wildman–Crippen MR) is 107 cm³/mol. The zero-order valence-corrected chi connectivity index (χ0v) is 16.1. The molecule has 1 atom stereocenters. The van der Waals surface area contributed by atoms with Crippen molar-refractivity contribution in [1.29, 1.82) is 0 Å². The summed E-state index contributed by atoms with van der Waals surface area (Å²) in [4.78, 5) is 37.7. The number of nitrogens with zero attached hydrogens (tertiary/aromatic N) is 1. The summed E-state index contributed by atoms with van der Waals surface area (Å²) in [5, 5.41) is 5.05. The molecule has 6 heteroatoms. The molecule has 2 amide bonds. The third-order valence-corrected chi connectivity index (χ3v) is 5.02. The first-order valence-corrected chi connectivity index (χ1v) is 9.75. The second kappa shape index (κ2) is 9.35. The highest BCUT2D eigenvalue weighted by Gasteiger charge is 2.20. The van der Waals surface area contributed by atoms with Crippen LogP contribution in [0.4, 0.5) is 0 Å². The number of esters is 1. The quantitative estimate of drug-likeness (QED) is 0.780. The number of nitrogens with one attached hydrogen (secondary N) is 1. The van der Waals surface area contributed by atoms with E-state index < -0.39 is 5.97 Å². The molecular weight excluding hydrogens is 356 g/mol. The summed E-state index contributed by atoms with van der Waals surface area (Å²) in [6.07, 6.45) is 3.21. The van der Waals surface area contributed by atoms with Crippen molar-refractivity contribution in [2.24, 2.45) is 0 Å². The smallest absolute Gasteiger partial charge is 0.326 e. The number of benzene rings is 2. The molecule has 3 rings (SSSR count). The van der Waals surface area contributed by atoms with Crippen LogP contribution in [0.15, 0.2) is 42.5 Å². The number of fused-ring (bicyclic) bond motifs is 1. The molecule has 0 spiro atoms. The lowest BCUT2D eigenvalue weighted by Crippen LogP contribution is -2.37. The minimum atomic E-state index is -0.553. The van der Waals surface area contributed by atoms with Crippen molar-refractivity contribution in [3.8, 4) is 0 Å². The van der Waals surface area contributed by atoms with Crippen molar-refractivity contribution in [3.05, 3.63) is 48.0 Å². The van der Waals surface area contributed by atoms with E-state index in [2.05, 4.69) is 5.32 Å². The van der Waals surface area contributed by atoms with Gasteiger partial charge < -0.3 is 15.0 Å². The minimum absolute atomic E-state index is 0.0246. The van der Waals surface area contributed by atoms with E-state index in [1.807, 2.05) is 49.4 Å². The molecule has 1 aliphatic heterocycles. The SMILES string of the molecule is C[C@@H](NC(=O)COC(=O)CN1CCCCCC1=O)c1cccc2ccccc12. The Morgan fingerprint density at radius 2 is 1.89 bits per heavy atom. The Morgan fingerprint density at radius 1 is 1.11 bits per heavy atom. The average molecular weight is 382 g/mol. The van der Waals surface area contributed by atoms with Gasteiger partial charge in [0, 0.05) is 13.0 Å². The van der Waals surface area contributed by atoms with Gasteiger partial charge in [-0.05, 0) is 36.1 Å². The molecule has 0 unspecified atom stereocenters. The van der Waals surface area contributed by atoms with Gasteiger partial charge in [-0.25, -0.2) is 0 Å². The fourth-order valence-corrected chi connectivity index (χ4v) is 3.54. The van der Waals surface area contributed by atoms with Crippen LogP contribution in [0.3, 0.4) is 0 Å². The molecule has 1 N–H and O–H groups in total. The number of hydrogen-bond acceptors (Lipinski definition) is 4. The Labute approximate surface area is 164 Å². The molecule has 1 heterocycles. The lowest BCUT2D eigenvalue weighted by molar-refractivity contribution is -0.152. The number of ether oxygens (including phenoxy) is 1. The summed E-state index contributed by atoms with van der Waals surface area (Å²) in [6.45, 7) is 2.02. The summed E-state index contributed by atoms with van der Waals surface area (Å²) in [6, 6.07) is 13.7. The second-order valence-electron chi connectivity index (χ2n) is 7.14. The zero-order chi connectivity index (χ0) is 19.9. The Balaban J connectivity index is 1.51. The first-order chi connectivity index (χ1) is 13.5. The van der Waals surface area contributed by atoms with Crippen molar-refractivity contribution in [2.45, 2.75) is 38.6 Å². The Bertz CT molecular complexity index is 859. The van der Waals surface area contributed by atoms with Crippen molar-refractivity contribution >= 4 is 28.6 Å². The number of hydrogen-bond donors (Lipinski definition) is 1. The van der Waals surface area contributed by atoms with E-state index in [-0.39, 0.29) is 31.0 Å². The van der Waals surface area contributed by atoms with Gasteiger partial charge in [0.15, 0.2) is 6.61 Å². The first-order valence-electron chi connectivity index (χ1n) is 9.75. The molecule has 148 valence electrons. The van der Waals surface area contributed by atoms with Gasteiger partial charge in [-0.2, -0.15) is 0 Å². The number of likely N-dealkylation sites (tertiary alicyclic amines) is 1. The molecule has 0 radical (unpaired) electrons. The lowest BCUT2D eigenvalue weighted by atomic mass is 10.00. The fourth-order valence-electron chi connectivity index (χ4n) is 3.54. The largest absolute Gasteiger partial charge is 0.454 e.